The van der Waals surface area contributed by atoms with Crippen molar-refractivity contribution >= 4 is 40.5 Å². The van der Waals surface area contributed by atoms with Crippen molar-refractivity contribution in [1.82, 2.24) is 19.9 Å². The number of piperazine rings is 1. The molecule has 5 rings (SSSR count). The Morgan fingerprint density at radius 2 is 1.80 bits per heavy atom. The van der Waals surface area contributed by atoms with Gasteiger partial charge in [0.15, 0.2) is 0 Å². The van der Waals surface area contributed by atoms with Crippen LogP contribution in [0.3, 0.4) is 0 Å². The number of carboxylic acids is 1. The van der Waals surface area contributed by atoms with E-state index in [1.165, 1.54) is 6.07 Å². The zero-order valence-electron chi connectivity index (χ0n) is 22.7. The fourth-order valence-corrected chi connectivity index (χ4v) is 4.73. The molecule has 0 radical (unpaired) electrons. The summed E-state index contributed by atoms with van der Waals surface area (Å²) in [5.41, 5.74) is 3.21. The molecule has 0 saturated carbocycles. The standard InChI is InChI=1S/C29H30ClN5O5/c1-17-5-7-19(13-20(17)26(36)37)39-27-32-23-14-21(22(30)15-24(23)33-27)18-6-8-25(31-16-18)34-9-11-35(12-10-34)28(38)40-29(2,3)4/h5-8,13-16H,9-12H2,1-4H3,(H,32,33)(H,36,37). The molecule has 1 aliphatic heterocycles. The average molecular weight is 564 g/mol. The molecular formula is C29H30ClN5O5. The molecule has 0 spiro atoms. The number of nitrogens with zero attached hydrogens (tertiary/aromatic N) is 4. The fraction of sp³-hybridized carbons (Fsp3) is 0.310. The number of ether oxygens (including phenoxy) is 2. The number of benzene rings is 2. The predicted octanol–water partition coefficient (Wildman–Crippen LogP) is 6.13. The van der Waals surface area contributed by atoms with Gasteiger partial charge < -0.3 is 29.4 Å². The van der Waals surface area contributed by atoms with Gasteiger partial charge in [-0.25, -0.2) is 14.6 Å². The molecule has 208 valence electrons. The minimum absolute atomic E-state index is 0.166. The largest absolute Gasteiger partial charge is 0.478 e. The lowest BCUT2D eigenvalue weighted by molar-refractivity contribution is 0.0240. The van der Waals surface area contributed by atoms with Crippen molar-refractivity contribution in [3.8, 4) is 22.9 Å². The van der Waals surface area contributed by atoms with Crippen LogP contribution in [0.15, 0.2) is 48.7 Å². The number of anilines is 1. The topological polar surface area (TPSA) is 121 Å². The van der Waals surface area contributed by atoms with E-state index in [0.29, 0.717) is 53.5 Å². The summed E-state index contributed by atoms with van der Waals surface area (Å²) in [7, 11) is 0. The monoisotopic (exact) mass is 563 g/mol. The number of fused-ring (bicyclic) bond motifs is 1. The van der Waals surface area contributed by atoms with Gasteiger partial charge in [-0.05, 0) is 69.7 Å². The fourth-order valence-electron chi connectivity index (χ4n) is 4.46. The first kappa shape index (κ1) is 27.3. The molecule has 1 saturated heterocycles. The summed E-state index contributed by atoms with van der Waals surface area (Å²) in [4.78, 5) is 39.9. The number of carboxylic acid groups (broad SMARTS) is 1. The first-order chi connectivity index (χ1) is 19.0. The molecule has 1 aliphatic rings. The Balaban J connectivity index is 1.29. The third-order valence-electron chi connectivity index (χ3n) is 6.52. The molecule has 1 amide bonds. The van der Waals surface area contributed by atoms with E-state index < -0.39 is 11.6 Å². The van der Waals surface area contributed by atoms with Crippen molar-refractivity contribution in [2.24, 2.45) is 0 Å². The molecule has 3 heterocycles. The first-order valence-corrected chi connectivity index (χ1v) is 13.2. The van der Waals surface area contributed by atoms with E-state index in [1.807, 2.05) is 39.0 Å². The number of carbonyl (C=O) groups is 2. The number of carbonyl (C=O) groups excluding carboxylic acids is 1. The number of aromatic carboxylic acids is 1. The number of aromatic nitrogens is 3. The zero-order chi connectivity index (χ0) is 28.6. The van der Waals surface area contributed by atoms with Crippen LogP contribution >= 0.6 is 11.6 Å². The van der Waals surface area contributed by atoms with Crippen LogP contribution in [-0.4, -0.2) is 68.8 Å². The van der Waals surface area contributed by atoms with Crippen LogP contribution in [-0.2, 0) is 4.74 Å². The number of nitrogens with one attached hydrogen (secondary N) is 1. The molecule has 0 bridgehead atoms. The Morgan fingerprint density at radius 1 is 1.05 bits per heavy atom. The van der Waals surface area contributed by atoms with E-state index in [2.05, 4.69) is 19.9 Å². The Morgan fingerprint density at radius 3 is 2.45 bits per heavy atom. The number of aromatic amines is 1. The van der Waals surface area contributed by atoms with Gasteiger partial charge >= 0.3 is 12.1 Å². The highest BCUT2D eigenvalue weighted by molar-refractivity contribution is 6.34. The molecule has 4 aromatic rings. The third kappa shape index (κ3) is 5.96. The Labute approximate surface area is 236 Å². The molecule has 10 nitrogen and oxygen atoms in total. The van der Waals surface area contributed by atoms with Crippen LogP contribution < -0.4 is 9.64 Å². The number of pyridine rings is 1. The quantitative estimate of drug-likeness (QED) is 0.297. The van der Waals surface area contributed by atoms with Crippen LogP contribution in [0, 0.1) is 6.92 Å². The van der Waals surface area contributed by atoms with E-state index in [4.69, 9.17) is 21.1 Å². The molecule has 2 N–H and O–H groups in total. The van der Waals surface area contributed by atoms with Gasteiger partial charge in [0.2, 0.25) is 0 Å². The summed E-state index contributed by atoms with van der Waals surface area (Å²) in [6, 6.07) is 12.6. The van der Waals surface area contributed by atoms with E-state index >= 15 is 0 Å². The Bertz CT molecular complexity index is 1570. The van der Waals surface area contributed by atoms with Crippen LogP contribution in [0.2, 0.25) is 5.02 Å². The SMILES string of the molecule is Cc1ccc(Oc2nc3cc(-c4ccc(N5CCN(C(=O)OC(C)(C)C)CC5)nc4)c(Cl)cc3[nH]2)cc1C(=O)O. The average Bonchev–Trinajstić information content (AvgIpc) is 3.29. The third-order valence-corrected chi connectivity index (χ3v) is 6.83. The lowest BCUT2D eigenvalue weighted by Gasteiger charge is -2.36. The van der Waals surface area contributed by atoms with Crippen molar-refractivity contribution in [3.63, 3.8) is 0 Å². The lowest BCUT2D eigenvalue weighted by atomic mass is 10.1. The van der Waals surface area contributed by atoms with Gasteiger partial charge in [-0.3, -0.25) is 0 Å². The molecule has 2 aromatic heterocycles. The van der Waals surface area contributed by atoms with Crippen LogP contribution in [0.4, 0.5) is 10.6 Å². The minimum atomic E-state index is -1.02. The highest BCUT2D eigenvalue weighted by Crippen LogP contribution is 2.33. The summed E-state index contributed by atoms with van der Waals surface area (Å²) < 4.78 is 11.3. The maximum absolute atomic E-state index is 12.3. The van der Waals surface area contributed by atoms with Gasteiger partial charge in [0, 0.05) is 43.5 Å². The van der Waals surface area contributed by atoms with Crippen molar-refractivity contribution in [1.29, 1.82) is 0 Å². The Kier molecular flexibility index (Phi) is 7.29. The number of aryl methyl sites for hydroxylation is 1. The number of imidazole rings is 1. The highest BCUT2D eigenvalue weighted by Gasteiger charge is 2.26. The van der Waals surface area contributed by atoms with Crippen LogP contribution in [0.1, 0.15) is 36.7 Å². The van der Waals surface area contributed by atoms with E-state index in [1.54, 1.807) is 36.2 Å². The Hall–Kier alpha value is -4.31. The second-order valence-corrected chi connectivity index (χ2v) is 11.0. The normalized spacial score (nSPS) is 13.9. The second-order valence-electron chi connectivity index (χ2n) is 10.6. The molecule has 0 atom stereocenters. The number of halogens is 1. The number of hydrogen-bond acceptors (Lipinski definition) is 7. The van der Waals surface area contributed by atoms with E-state index in [-0.39, 0.29) is 17.7 Å². The van der Waals surface area contributed by atoms with Gasteiger partial charge in [-0.15, -0.1) is 0 Å². The smallest absolute Gasteiger partial charge is 0.410 e. The van der Waals surface area contributed by atoms with Gasteiger partial charge in [0.25, 0.3) is 6.01 Å². The second kappa shape index (κ2) is 10.7. The number of H-pyrrole nitrogens is 1. The van der Waals surface area contributed by atoms with Gasteiger partial charge in [0.05, 0.1) is 21.6 Å². The van der Waals surface area contributed by atoms with Gasteiger partial charge in [-0.1, -0.05) is 17.7 Å². The molecular weight excluding hydrogens is 534 g/mol. The summed E-state index contributed by atoms with van der Waals surface area (Å²) in [6.45, 7) is 9.74. The molecule has 2 aromatic carbocycles. The van der Waals surface area contributed by atoms with Crippen molar-refractivity contribution in [3.05, 3.63) is 64.8 Å². The molecule has 40 heavy (non-hydrogen) atoms. The zero-order valence-corrected chi connectivity index (χ0v) is 23.5. The summed E-state index contributed by atoms with van der Waals surface area (Å²) in [5.74, 6) is 0.158. The number of rotatable bonds is 5. The maximum atomic E-state index is 12.3. The number of hydrogen-bond donors (Lipinski definition) is 2. The lowest BCUT2D eigenvalue weighted by Crippen LogP contribution is -2.50. The van der Waals surface area contributed by atoms with Crippen molar-refractivity contribution in [2.75, 3.05) is 31.1 Å². The minimum Gasteiger partial charge on any atom is -0.478 e. The van der Waals surface area contributed by atoms with E-state index in [0.717, 1.165) is 16.9 Å². The number of amides is 1. The molecule has 11 heteroatoms. The predicted molar refractivity (Wildman–Crippen MR) is 153 cm³/mol. The van der Waals surface area contributed by atoms with E-state index in [9.17, 15) is 14.7 Å². The van der Waals surface area contributed by atoms with Crippen LogP contribution in [0.25, 0.3) is 22.2 Å². The molecule has 0 unspecified atom stereocenters. The maximum Gasteiger partial charge on any atom is 0.410 e. The van der Waals surface area contributed by atoms with Gasteiger partial charge in [-0.2, -0.15) is 4.98 Å². The summed E-state index contributed by atoms with van der Waals surface area (Å²) >= 11 is 6.62. The van der Waals surface area contributed by atoms with Gasteiger partial charge in [0.1, 0.15) is 17.2 Å². The van der Waals surface area contributed by atoms with Crippen LogP contribution in [0.5, 0.6) is 11.8 Å². The molecule has 0 aliphatic carbocycles. The summed E-state index contributed by atoms with van der Waals surface area (Å²) in [6.07, 6.45) is 1.48. The highest BCUT2D eigenvalue weighted by atomic mass is 35.5. The van der Waals surface area contributed by atoms with Crippen molar-refractivity contribution in [2.45, 2.75) is 33.3 Å². The molecule has 1 fully saturated rings. The summed E-state index contributed by atoms with van der Waals surface area (Å²) in [5, 5.41) is 9.90. The van der Waals surface area contributed by atoms with Crippen molar-refractivity contribution < 1.29 is 24.2 Å². The first-order valence-electron chi connectivity index (χ1n) is 12.9.